The Bertz CT molecular complexity index is 1150. The summed E-state index contributed by atoms with van der Waals surface area (Å²) in [6.07, 6.45) is 5.02. The Balaban J connectivity index is 1.23. The Kier molecular flexibility index (Phi) is 6.32. The van der Waals surface area contributed by atoms with Crippen LogP contribution in [0.3, 0.4) is 0 Å². The number of imidazole rings is 1. The minimum atomic E-state index is -0.200. The van der Waals surface area contributed by atoms with Crippen LogP contribution in [0.5, 0.6) is 0 Å². The maximum absolute atomic E-state index is 12.3. The number of nitrogens with zero attached hydrogens (tertiary/aromatic N) is 2. The number of H-pyrrole nitrogens is 1. The van der Waals surface area contributed by atoms with Crippen LogP contribution in [-0.2, 0) is 17.8 Å². The first-order valence-corrected chi connectivity index (χ1v) is 10.2. The highest BCUT2D eigenvalue weighted by atomic mass is 16.2. The van der Waals surface area contributed by atoms with Crippen LogP contribution in [0.2, 0.25) is 0 Å². The van der Waals surface area contributed by atoms with Gasteiger partial charge >= 0.3 is 0 Å². The molecule has 7 nitrogen and oxygen atoms in total. The number of para-hydroxylation sites is 2. The van der Waals surface area contributed by atoms with Crippen molar-refractivity contribution in [3.63, 3.8) is 0 Å². The van der Waals surface area contributed by atoms with E-state index in [1.165, 1.54) is 0 Å². The van der Waals surface area contributed by atoms with Crippen molar-refractivity contribution in [2.75, 3.05) is 5.32 Å². The van der Waals surface area contributed by atoms with Gasteiger partial charge in [-0.2, -0.15) is 0 Å². The first-order chi connectivity index (χ1) is 15.2. The molecule has 0 aliphatic heterocycles. The lowest BCUT2D eigenvalue weighted by atomic mass is 10.1. The number of hydrogen-bond acceptors (Lipinski definition) is 4. The van der Waals surface area contributed by atoms with Crippen molar-refractivity contribution < 1.29 is 9.59 Å². The van der Waals surface area contributed by atoms with Crippen molar-refractivity contribution in [1.82, 2.24) is 20.3 Å². The second-order valence-electron chi connectivity index (χ2n) is 7.22. The smallest absolute Gasteiger partial charge is 0.255 e. The summed E-state index contributed by atoms with van der Waals surface area (Å²) in [5.74, 6) is 0.683. The lowest BCUT2D eigenvalue weighted by Gasteiger charge is -2.09. The van der Waals surface area contributed by atoms with Crippen LogP contribution in [0.15, 0.2) is 73.1 Å². The van der Waals surface area contributed by atoms with Crippen LogP contribution in [0.25, 0.3) is 11.0 Å². The van der Waals surface area contributed by atoms with Gasteiger partial charge in [-0.05, 0) is 48.4 Å². The monoisotopic (exact) mass is 413 g/mol. The number of nitrogens with one attached hydrogen (secondary N) is 3. The second kappa shape index (κ2) is 9.67. The number of aromatic amines is 1. The zero-order valence-corrected chi connectivity index (χ0v) is 17.0. The van der Waals surface area contributed by atoms with Crippen LogP contribution < -0.4 is 10.6 Å². The summed E-state index contributed by atoms with van der Waals surface area (Å²) in [4.78, 5) is 36.2. The summed E-state index contributed by atoms with van der Waals surface area (Å²) in [6.45, 7) is 0.405. The number of fused-ring (bicyclic) bond motifs is 1. The van der Waals surface area contributed by atoms with Gasteiger partial charge in [0.1, 0.15) is 5.82 Å². The molecule has 0 bridgehead atoms. The Morgan fingerprint density at radius 2 is 1.81 bits per heavy atom. The first kappa shape index (κ1) is 20.3. The van der Waals surface area contributed by atoms with Crippen LogP contribution in [-0.4, -0.2) is 26.8 Å². The zero-order chi connectivity index (χ0) is 21.5. The number of amides is 2. The largest absolute Gasteiger partial charge is 0.352 e. The Morgan fingerprint density at radius 1 is 0.968 bits per heavy atom. The van der Waals surface area contributed by atoms with E-state index in [-0.39, 0.29) is 11.8 Å². The maximum Gasteiger partial charge on any atom is 0.255 e. The van der Waals surface area contributed by atoms with Crippen LogP contribution >= 0.6 is 0 Å². The molecule has 0 aliphatic rings. The van der Waals surface area contributed by atoms with Gasteiger partial charge in [0.2, 0.25) is 5.91 Å². The number of pyridine rings is 1. The van der Waals surface area contributed by atoms with Crippen molar-refractivity contribution >= 4 is 28.5 Å². The molecule has 2 amide bonds. The van der Waals surface area contributed by atoms with Gasteiger partial charge < -0.3 is 15.6 Å². The molecule has 0 radical (unpaired) electrons. The van der Waals surface area contributed by atoms with E-state index < -0.39 is 0 Å². The molecule has 0 aliphatic carbocycles. The van der Waals surface area contributed by atoms with Gasteiger partial charge in [0, 0.05) is 43.0 Å². The van der Waals surface area contributed by atoms with Gasteiger partial charge in [-0.1, -0.05) is 24.3 Å². The van der Waals surface area contributed by atoms with Crippen molar-refractivity contribution in [2.45, 2.75) is 25.8 Å². The molecule has 2 heterocycles. The molecule has 156 valence electrons. The van der Waals surface area contributed by atoms with Crippen molar-refractivity contribution in [3.05, 3.63) is 90.0 Å². The van der Waals surface area contributed by atoms with E-state index in [2.05, 4.69) is 25.6 Å². The molecular weight excluding hydrogens is 390 g/mol. The summed E-state index contributed by atoms with van der Waals surface area (Å²) < 4.78 is 0. The topological polar surface area (TPSA) is 99.8 Å². The third kappa shape index (κ3) is 5.54. The van der Waals surface area contributed by atoms with Crippen molar-refractivity contribution in [2.24, 2.45) is 0 Å². The fourth-order valence-electron chi connectivity index (χ4n) is 3.30. The summed E-state index contributed by atoms with van der Waals surface area (Å²) in [7, 11) is 0. The maximum atomic E-state index is 12.3. The van der Waals surface area contributed by atoms with Gasteiger partial charge in [0.15, 0.2) is 0 Å². The molecule has 4 rings (SSSR count). The number of aromatic nitrogens is 3. The van der Waals surface area contributed by atoms with Gasteiger partial charge in [-0.25, -0.2) is 4.98 Å². The lowest BCUT2D eigenvalue weighted by molar-refractivity contribution is -0.121. The number of anilines is 1. The van der Waals surface area contributed by atoms with E-state index in [0.717, 1.165) is 28.8 Å². The molecule has 0 atom stereocenters. The Labute approximate surface area is 179 Å². The SMILES string of the molecule is O=C(CCCc1nc2ccccc2[nH]1)NCc1cccc(NC(=O)c2ccncc2)c1. The summed E-state index contributed by atoms with van der Waals surface area (Å²) in [5, 5.41) is 5.79. The van der Waals surface area contributed by atoms with Crippen molar-refractivity contribution in [3.8, 4) is 0 Å². The third-order valence-corrected chi connectivity index (χ3v) is 4.87. The van der Waals surface area contributed by atoms with E-state index in [9.17, 15) is 9.59 Å². The number of rotatable bonds is 8. The summed E-state index contributed by atoms with van der Waals surface area (Å²) in [6, 6.07) is 18.6. The molecule has 2 aromatic carbocycles. The van der Waals surface area contributed by atoms with Gasteiger partial charge in [-0.3, -0.25) is 14.6 Å². The van der Waals surface area contributed by atoms with E-state index in [0.29, 0.717) is 30.6 Å². The molecule has 7 heteroatoms. The summed E-state index contributed by atoms with van der Waals surface area (Å²) >= 11 is 0. The molecule has 0 saturated heterocycles. The number of benzene rings is 2. The highest BCUT2D eigenvalue weighted by Crippen LogP contribution is 2.13. The lowest BCUT2D eigenvalue weighted by Crippen LogP contribution is -2.22. The van der Waals surface area contributed by atoms with Crippen LogP contribution in [0.1, 0.15) is 34.6 Å². The molecule has 0 saturated carbocycles. The van der Waals surface area contributed by atoms with Crippen molar-refractivity contribution in [1.29, 1.82) is 0 Å². The van der Waals surface area contributed by atoms with E-state index in [1.54, 1.807) is 24.5 Å². The van der Waals surface area contributed by atoms with E-state index >= 15 is 0 Å². The number of aryl methyl sites for hydroxylation is 1. The highest BCUT2D eigenvalue weighted by molar-refractivity contribution is 6.04. The Hall–Kier alpha value is -4.00. The normalized spacial score (nSPS) is 10.7. The number of carbonyl (C=O) groups is 2. The average Bonchev–Trinajstić information content (AvgIpc) is 3.21. The van der Waals surface area contributed by atoms with E-state index in [4.69, 9.17) is 0 Å². The fourth-order valence-corrected chi connectivity index (χ4v) is 3.30. The molecule has 3 N–H and O–H groups in total. The minimum Gasteiger partial charge on any atom is -0.352 e. The number of carbonyl (C=O) groups excluding carboxylic acids is 2. The molecule has 0 fully saturated rings. The predicted octanol–water partition coefficient (Wildman–Crippen LogP) is 3.85. The molecule has 31 heavy (non-hydrogen) atoms. The summed E-state index contributed by atoms with van der Waals surface area (Å²) in [5.41, 5.74) is 4.09. The second-order valence-corrected chi connectivity index (χ2v) is 7.22. The quantitative estimate of drug-likeness (QED) is 0.408. The fraction of sp³-hybridized carbons (Fsp3) is 0.167. The van der Waals surface area contributed by atoms with Crippen LogP contribution in [0.4, 0.5) is 5.69 Å². The average molecular weight is 413 g/mol. The molecule has 2 aromatic heterocycles. The third-order valence-electron chi connectivity index (χ3n) is 4.87. The highest BCUT2D eigenvalue weighted by Gasteiger charge is 2.07. The van der Waals surface area contributed by atoms with Gasteiger partial charge in [0.05, 0.1) is 11.0 Å². The molecule has 4 aromatic rings. The molecule has 0 unspecified atom stereocenters. The van der Waals surface area contributed by atoms with Crippen LogP contribution in [0, 0.1) is 0 Å². The van der Waals surface area contributed by atoms with Gasteiger partial charge in [-0.15, -0.1) is 0 Å². The van der Waals surface area contributed by atoms with E-state index in [1.807, 2.05) is 48.5 Å². The predicted molar refractivity (Wildman–Crippen MR) is 120 cm³/mol. The minimum absolute atomic E-state index is 0.0117. The first-order valence-electron chi connectivity index (χ1n) is 10.2. The Morgan fingerprint density at radius 3 is 2.65 bits per heavy atom. The zero-order valence-electron chi connectivity index (χ0n) is 17.0. The molecule has 0 spiro atoms. The standard InChI is InChI=1S/C24H23N5O2/c30-23(10-4-9-22-28-20-7-1-2-8-21(20)29-22)26-16-17-5-3-6-19(15-17)27-24(31)18-11-13-25-14-12-18/h1-3,5-8,11-15H,4,9-10,16H2,(H,26,30)(H,27,31)(H,28,29). The molecular formula is C24H23N5O2. The number of hydrogen-bond donors (Lipinski definition) is 3. The van der Waals surface area contributed by atoms with Gasteiger partial charge in [0.25, 0.3) is 5.91 Å².